The molecule has 0 unspecified atom stereocenters. The fraction of sp³-hybridized carbons (Fsp3) is 0.235. The van der Waals surface area contributed by atoms with Crippen molar-refractivity contribution in [2.75, 3.05) is 5.32 Å². The summed E-state index contributed by atoms with van der Waals surface area (Å²) < 4.78 is 5.08. The van der Waals surface area contributed by atoms with E-state index in [2.05, 4.69) is 15.5 Å². The minimum Gasteiger partial charge on any atom is -0.361 e. The zero-order valence-corrected chi connectivity index (χ0v) is 14.0. The molecule has 0 atom stereocenters. The molecule has 1 amide bonds. The standard InChI is InChI=1S/C17H17N3O2S/c1-10-14(12(3)22-20-10)9-15(21)19-17-18-11(2)16(23-17)13-7-5-4-6-8-13/h4-8H,9H2,1-3H3,(H,18,19,21). The van der Waals surface area contributed by atoms with Gasteiger partial charge in [-0.25, -0.2) is 4.98 Å². The summed E-state index contributed by atoms with van der Waals surface area (Å²) in [7, 11) is 0. The van der Waals surface area contributed by atoms with Gasteiger partial charge < -0.3 is 9.84 Å². The summed E-state index contributed by atoms with van der Waals surface area (Å²) >= 11 is 1.48. The average Bonchev–Trinajstić information content (AvgIpc) is 3.05. The summed E-state index contributed by atoms with van der Waals surface area (Å²) in [6.45, 7) is 5.59. The molecule has 0 saturated heterocycles. The third-order valence-electron chi connectivity index (χ3n) is 3.60. The summed E-state index contributed by atoms with van der Waals surface area (Å²) in [6.07, 6.45) is 0.237. The van der Waals surface area contributed by atoms with E-state index in [1.807, 2.05) is 51.1 Å². The first kappa shape index (κ1) is 15.4. The maximum Gasteiger partial charge on any atom is 0.230 e. The van der Waals surface area contributed by atoms with Crippen LogP contribution in [0.2, 0.25) is 0 Å². The molecule has 23 heavy (non-hydrogen) atoms. The van der Waals surface area contributed by atoms with Gasteiger partial charge in [-0.3, -0.25) is 4.79 Å². The van der Waals surface area contributed by atoms with Crippen LogP contribution in [0.5, 0.6) is 0 Å². The lowest BCUT2D eigenvalue weighted by atomic mass is 10.1. The van der Waals surface area contributed by atoms with Crippen LogP contribution in [0.1, 0.15) is 22.7 Å². The molecule has 3 rings (SSSR count). The largest absolute Gasteiger partial charge is 0.361 e. The maximum atomic E-state index is 12.2. The summed E-state index contributed by atoms with van der Waals surface area (Å²) in [5.41, 5.74) is 3.60. The van der Waals surface area contributed by atoms with Crippen molar-refractivity contribution in [3.63, 3.8) is 0 Å². The molecule has 0 bridgehead atoms. The number of aromatic nitrogens is 2. The number of rotatable bonds is 4. The minimum atomic E-state index is -0.118. The summed E-state index contributed by atoms with van der Waals surface area (Å²) in [5.74, 6) is 0.561. The molecule has 0 aliphatic carbocycles. The summed E-state index contributed by atoms with van der Waals surface area (Å²) in [4.78, 5) is 17.7. The van der Waals surface area contributed by atoms with E-state index in [9.17, 15) is 4.79 Å². The van der Waals surface area contributed by atoms with E-state index in [-0.39, 0.29) is 12.3 Å². The number of amides is 1. The number of nitrogens with zero attached hydrogens (tertiary/aromatic N) is 2. The molecule has 5 nitrogen and oxygen atoms in total. The average molecular weight is 327 g/mol. The Hall–Kier alpha value is -2.47. The zero-order valence-electron chi connectivity index (χ0n) is 13.2. The highest BCUT2D eigenvalue weighted by molar-refractivity contribution is 7.19. The predicted octanol–water partition coefficient (Wildman–Crippen LogP) is 3.90. The molecule has 118 valence electrons. The maximum absolute atomic E-state index is 12.2. The lowest BCUT2D eigenvalue weighted by molar-refractivity contribution is -0.115. The van der Waals surface area contributed by atoms with E-state index in [1.165, 1.54) is 11.3 Å². The number of hydrogen-bond acceptors (Lipinski definition) is 5. The van der Waals surface area contributed by atoms with Crippen LogP contribution in [0, 0.1) is 20.8 Å². The number of nitrogens with one attached hydrogen (secondary N) is 1. The van der Waals surface area contributed by atoms with Gasteiger partial charge in [-0.05, 0) is 26.3 Å². The topological polar surface area (TPSA) is 68.0 Å². The van der Waals surface area contributed by atoms with Crippen molar-refractivity contribution in [3.8, 4) is 10.4 Å². The number of carbonyl (C=O) groups is 1. The van der Waals surface area contributed by atoms with Crippen molar-refractivity contribution in [2.45, 2.75) is 27.2 Å². The third-order valence-corrected chi connectivity index (χ3v) is 4.72. The summed E-state index contributed by atoms with van der Waals surface area (Å²) in [5, 5.41) is 7.34. The van der Waals surface area contributed by atoms with Gasteiger partial charge in [0.1, 0.15) is 5.76 Å². The van der Waals surface area contributed by atoms with Crippen molar-refractivity contribution in [3.05, 3.63) is 53.0 Å². The Morgan fingerprint density at radius 2 is 1.91 bits per heavy atom. The molecular formula is C17H17N3O2S. The number of anilines is 1. The van der Waals surface area contributed by atoms with Crippen LogP contribution < -0.4 is 5.32 Å². The Labute approximate surface area is 138 Å². The number of aryl methyl sites for hydroxylation is 3. The Balaban J connectivity index is 1.75. The molecule has 6 heteroatoms. The summed E-state index contributed by atoms with van der Waals surface area (Å²) in [6, 6.07) is 10.0. The van der Waals surface area contributed by atoms with Gasteiger partial charge in [-0.15, -0.1) is 0 Å². The van der Waals surface area contributed by atoms with Gasteiger partial charge in [0.25, 0.3) is 0 Å². The van der Waals surface area contributed by atoms with E-state index < -0.39 is 0 Å². The van der Waals surface area contributed by atoms with Crippen LogP contribution in [0.15, 0.2) is 34.9 Å². The second-order valence-corrected chi connectivity index (χ2v) is 6.33. The van der Waals surface area contributed by atoms with Gasteiger partial charge in [0, 0.05) is 5.56 Å². The Morgan fingerprint density at radius 1 is 1.17 bits per heavy atom. The number of thiazole rings is 1. The van der Waals surface area contributed by atoms with E-state index in [0.29, 0.717) is 10.9 Å². The van der Waals surface area contributed by atoms with Crippen molar-refractivity contribution < 1.29 is 9.32 Å². The molecule has 3 aromatic rings. The Bertz CT molecular complexity index is 817. The molecule has 0 radical (unpaired) electrons. The zero-order chi connectivity index (χ0) is 16.4. The highest BCUT2D eigenvalue weighted by Crippen LogP contribution is 2.32. The minimum absolute atomic E-state index is 0.118. The second-order valence-electron chi connectivity index (χ2n) is 5.33. The molecular weight excluding hydrogens is 310 g/mol. The quantitative estimate of drug-likeness (QED) is 0.789. The molecule has 0 saturated carbocycles. The van der Waals surface area contributed by atoms with Gasteiger partial charge in [-0.2, -0.15) is 0 Å². The lowest BCUT2D eigenvalue weighted by Gasteiger charge is -2.01. The fourth-order valence-electron chi connectivity index (χ4n) is 2.39. The lowest BCUT2D eigenvalue weighted by Crippen LogP contribution is -2.15. The predicted molar refractivity (Wildman–Crippen MR) is 90.6 cm³/mol. The molecule has 0 aliphatic rings. The van der Waals surface area contributed by atoms with Crippen molar-refractivity contribution in [2.24, 2.45) is 0 Å². The van der Waals surface area contributed by atoms with Crippen molar-refractivity contribution in [1.29, 1.82) is 0 Å². The van der Waals surface area contributed by atoms with Gasteiger partial charge >= 0.3 is 0 Å². The van der Waals surface area contributed by atoms with Crippen LogP contribution in [-0.2, 0) is 11.2 Å². The SMILES string of the molecule is Cc1nc(NC(=O)Cc2c(C)noc2C)sc1-c1ccccc1. The van der Waals surface area contributed by atoms with E-state index in [4.69, 9.17) is 4.52 Å². The normalized spacial score (nSPS) is 10.7. The molecule has 0 aliphatic heterocycles. The Morgan fingerprint density at radius 3 is 2.57 bits per heavy atom. The van der Waals surface area contributed by atoms with Gasteiger partial charge in [-0.1, -0.05) is 46.8 Å². The molecule has 1 aromatic carbocycles. The van der Waals surface area contributed by atoms with Crippen LogP contribution in [0.3, 0.4) is 0 Å². The molecule has 0 fully saturated rings. The first-order valence-electron chi connectivity index (χ1n) is 7.29. The van der Waals surface area contributed by atoms with Crippen molar-refractivity contribution in [1.82, 2.24) is 10.1 Å². The van der Waals surface area contributed by atoms with E-state index >= 15 is 0 Å². The Kier molecular flexibility index (Phi) is 4.25. The highest BCUT2D eigenvalue weighted by atomic mass is 32.1. The van der Waals surface area contributed by atoms with Crippen LogP contribution >= 0.6 is 11.3 Å². The van der Waals surface area contributed by atoms with Crippen LogP contribution in [-0.4, -0.2) is 16.0 Å². The number of hydrogen-bond donors (Lipinski definition) is 1. The second kappa shape index (κ2) is 6.34. The highest BCUT2D eigenvalue weighted by Gasteiger charge is 2.16. The first-order valence-corrected chi connectivity index (χ1v) is 8.10. The monoisotopic (exact) mass is 327 g/mol. The van der Waals surface area contributed by atoms with Gasteiger partial charge in [0.05, 0.1) is 22.7 Å². The van der Waals surface area contributed by atoms with Gasteiger partial charge in [0.15, 0.2) is 5.13 Å². The van der Waals surface area contributed by atoms with E-state index in [1.54, 1.807) is 0 Å². The smallest absolute Gasteiger partial charge is 0.230 e. The molecule has 0 spiro atoms. The molecule has 1 N–H and O–H groups in total. The van der Waals surface area contributed by atoms with E-state index in [0.717, 1.165) is 27.4 Å². The fourth-order valence-corrected chi connectivity index (χ4v) is 3.37. The first-order chi connectivity index (χ1) is 11.0. The molecule has 2 aromatic heterocycles. The van der Waals surface area contributed by atoms with Crippen LogP contribution in [0.25, 0.3) is 10.4 Å². The van der Waals surface area contributed by atoms with Crippen LogP contribution in [0.4, 0.5) is 5.13 Å². The number of benzene rings is 1. The number of carbonyl (C=O) groups excluding carboxylic acids is 1. The third kappa shape index (κ3) is 3.32. The van der Waals surface area contributed by atoms with Crippen molar-refractivity contribution >= 4 is 22.4 Å². The van der Waals surface area contributed by atoms with Gasteiger partial charge in [0.2, 0.25) is 5.91 Å². The molecule has 2 heterocycles.